The average molecular weight is 400 g/mol. The average Bonchev–Trinajstić information content (AvgIpc) is 3.07. The van der Waals surface area contributed by atoms with Crippen molar-refractivity contribution in [2.75, 3.05) is 5.32 Å². The van der Waals surface area contributed by atoms with Gasteiger partial charge in [-0.3, -0.25) is 14.5 Å². The van der Waals surface area contributed by atoms with Crippen LogP contribution in [0.4, 0.5) is 5.95 Å². The first-order chi connectivity index (χ1) is 13.1. The Kier molecular flexibility index (Phi) is 4.83. The van der Waals surface area contributed by atoms with Crippen molar-refractivity contribution in [3.05, 3.63) is 86.3 Å². The van der Waals surface area contributed by atoms with Crippen LogP contribution in [-0.2, 0) is 13.1 Å². The number of rotatable bonds is 5. The zero-order valence-electron chi connectivity index (χ0n) is 14.1. The summed E-state index contributed by atoms with van der Waals surface area (Å²) in [6.45, 7) is 0.953. The SMILES string of the molecule is O=c1[nH]c(NCc2ccc(Cl)c(Cl)c2)nc2cnn(Cc3ccccc3)c12. The Hall–Kier alpha value is -2.83. The Bertz CT molecular complexity index is 1150. The fourth-order valence-electron chi connectivity index (χ4n) is 2.80. The van der Waals surface area contributed by atoms with E-state index in [2.05, 4.69) is 20.4 Å². The van der Waals surface area contributed by atoms with Gasteiger partial charge in [-0.25, -0.2) is 4.98 Å². The molecule has 8 heteroatoms. The molecule has 2 aromatic heterocycles. The second-order valence-electron chi connectivity index (χ2n) is 6.04. The third-order valence-corrected chi connectivity index (χ3v) is 4.86. The summed E-state index contributed by atoms with van der Waals surface area (Å²) in [6.07, 6.45) is 1.60. The molecule has 0 saturated heterocycles. The number of fused-ring (bicyclic) bond motifs is 1. The maximum Gasteiger partial charge on any atom is 0.278 e. The van der Waals surface area contributed by atoms with Gasteiger partial charge in [-0.1, -0.05) is 59.6 Å². The highest BCUT2D eigenvalue weighted by molar-refractivity contribution is 6.42. The van der Waals surface area contributed by atoms with E-state index < -0.39 is 0 Å². The summed E-state index contributed by atoms with van der Waals surface area (Å²) in [5.41, 5.74) is 2.71. The third-order valence-electron chi connectivity index (χ3n) is 4.12. The number of hydrogen-bond donors (Lipinski definition) is 2. The van der Waals surface area contributed by atoms with Crippen LogP contribution in [0.5, 0.6) is 0 Å². The second kappa shape index (κ2) is 7.42. The molecule has 0 unspecified atom stereocenters. The van der Waals surface area contributed by atoms with Crippen molar-refractivity contribution in [3.8, 4) is 0 Å². The summed E-state index contributed by atoms with van der Waals surface area (Å²) < 4.78 is 1.65. The van der Waals surface area contributed by atoms with E-state index in [-0.39, 0.29) is 5.56 Å². The largest absolute Gasteiger partial charge is 0.352 e. The Morgan fingerprint density at radius 2 is 1.85 bits per heavy atom. The molecule has 0 amide bonds. The Morgan fingerprint density at radius 3 is 2.63 bits per heavy atom. The zero-order chi connectivity index (χ0) is 18.8. The number of benzene rings is 2. The third kappa shape index (κ3) is 3.82. The van der Waals surface area contributed by atoms with Gasteiger partial charge in [0.25, 0.3) is 5.56 Å². The molecular weight excluding hydrogens is 385 g/mol. The molecule has 0 saturated carbocycles. The van der Waals surface area contributed by atoms with Crippen LogP contribution in [0.3, 0.4) is 0 Å². The number of aromatic nitrogens is 4. The van der Waals surface area contributed by atoms with Crippen LogP contribution in [0.15, 0.2) is 59.5 Å². The lowest BCUT2D eigenvalue weighted by atomic mass is 10.2. The van der Waals surface area contributed by atoms with Gasteiger partial charge in [0.15, 0.2) is 5.52 Å². The number of nitrogens with zero attached hydrogens (tertiary/aromatic N) is 3. The monoisotopic (exact) mass is 399 g/mol. The molecule has 0 aliphatic carbocycles. The van der Waals surface area contributed by atoms with E-state index in [0.717, 1.165) is 11.1 Å². The molecule has 4 rings (SSSR count). The van der Waals surface area contributed by atoms with Crippen LogP contribution in [0.1, 0.15) is 11.1 Å². The molecule has 0 aliphatic rings. The maximum absolute atomic E-state index is 12.5. The molecule has 0 radical (unpaired) electrons. The fourth-order valence-corrected chi connectivity index (χ4v) is 3.12. The van der Waals surface area contributed by atoms with Crippen molar-refractivity contribution in [3.63, 3.8) is 0 Å². The number of aromatic amines is 1. The molecular formula is C19H15Cl2N5O. The summed E-state index contributed by atoms with van der Waals surface area (Å²) in [6, 6.07) is 15.2. The van der Waals surface area contributed by atoms with Crippen molar-refractivity contribution in [1.82, 2.24) is 19.7 Å². The van der Waals surface area contributed by atoms with E-state index in [4.69, 9.17) is 23.2 Å². The van der Waals surface area contributed by atoms with Crippen molar-refractivity contribution in [2.24, 2.45) is 0 Å². The summed E-state index contributed by atoms with van der Waals surface area (Å²) >= 11 is 11.9. The summed E-state index contributed by atoms with van der Waals surface area (Å²) in [4.78, 5) is 19.8. The van der Waals surface area contributed by atoms with Gasteiger partial charge in [0.1, 0.15) is 5.52 Å². The van der Waals surface area contributed by atoms with Gasteiger partial charge in [-0.2, -0.15) is 5.10 Å². The van der Waals surface area contributed by atoms with Gasteiger partial charge in [0.05, 0.1) is 22.8 Å². The topological polar surface area (TPSA) is 75.6 Å². The number of hydrogen-bond acceptors (Lipinski definition) is 4. The minimum atomic E-state index is -0.245. The van der Waals surface area contributed by atoms with Gasteiger partial charge in [0.2, 0.25) is 5.95 Å². The summed E-state index contributed by atoms with van der Waals surface area (Å²) in [5, 5.41) is 8.38. The summed E-state index contributed by atoms with van der Waals surface area (Å²) in [5.74, 6) is 0.373. The van der Waals surface area contributed by atoms with Crippen molar-refractivity contribution >= 4 is 40.2 Å². The van der Waals surface area contributed by atoms with Gasteiger partial charge in [-0.15, -0.1) is 0 Å². The Labute approximate surface area is 164 Å². The lowest BCUT2D eigenvalue weighted by molar-refractivity contribution is 0.708. The summed E-state index contributed by atoms with van der Waals surface area (Å²) in [7, 11) is 0. The molecule has 0 fully saturated rings. The van der Waals surface area contributed by atoms with Gasteiger partial charge < -0.3 is 5.32 Å². The normalized spacial score (nSPS) is 11.0. The molecule has 136 valence electrons. The predicted molar refractivity (Wildman–Crippen MR) is 107 cm³/mol. The standard InChI is InChI=1S/C19H15Cl2N5O/c20-14-7-6-13(8-15(14)21)9-22-19-24-16-10-23-26(17(16)18(27)25-19)11-12-4-2-1-3-5-12/h1-8,10H,9,11H2,(H2,22,24,25,27). The molecule has 2 N–H and O–H groups in total. The quantitative estimate of drug-likeness (QED) is 0.529. The van der Waals surface area contributed by atoms with Gasteiger partial charge in [-0.05, 0) is 23.3 Å². The highest BCUT2D eigenvalue weighted by atomic mass is 35.5. The molecule has 0 spiro atoms. The smallest absolute Gasteiger partial charge is 0.278 e. The van der Waals surface area contributed by atoms with Crippen LogP contribution in [0, 0.1) is 0 Å². The van der Waals surface area contributed by atoms with Crippen LogP contribution < -0.4 is 10.9 Å². The number of nitrogens with one attached hydrogen (secondary N) is 2. The lowest BCUT2D eigenvalue weighted by Crippen LogP contribution is -2.16. The number of halogens is 2. The molecule has 0 bridgehead atoms. The van der Waals surface area contributed by atoms with E-state index >= 15 is 0 Å². The minimum absolute atomic E-state index is 0.245. The van der Waals surface area contributed by atoms with Crippen molar-refractivity contribution in [2.45, 2.75) is 13.1 Å². The van der Waals surface area contributed by atoms with Gasteiger partial charge >= 0.3 is 0 Å². The van der Waals surface area contributed by atoms with E-state index in [1.807, 2.05) is 36.4 Å². The van der Waals surface area contributed by atoms with E-state index in [1.54, 1.807) is 23.0 Å². The lowest BCUT2D eigenvalue weighted by Gasteiger charge is -2.07. The highest BCUT2D eigenvalue weighted by Gasteiger charge is 2.11. The van der Waals surface area contributed by atoms with E-state index in [0.29, 0.717) is 40.1 Å². The first-order valence-electron chi connectivity index (χ1n) is 8.28. The number of anilines is 1. The van der Waals surface area contributed by atoms with Gasteiger partial charge in [0, 0.05) is 6.54 Å². The first-order valence-corrected chi connectivity index (χ1v) is 9.03. The molecule has 27 heavy (non-hydrogen) atoms. The van der Waals surface area contributed by atoms with E-state index in [9.17, 15) is 4.79 Å². The predicted octanol–water partition coefficient (Wildman–Crippen LogP) is 4.09. The van der Waals surface area contributed by atoms with Crippen molar-refractivity contribution < 1.29 is 0 Å². The highest BCUT2D eigenvalue weighted by Crippen LogP contribution is 2.23. The molecule has 4 aromatic rings. The van der Waals surface area contributed by atoms with Crippen LogP contribution in [0.2, 0.25) is 10.0 Å². The van der Waals surface area contributed by atoms with Crippen LogP contribution >= 0.6 is 23.2 Å². The maximum atomic E-state index is 12.5. The fraction of sp³-hybridized carbons (Fsp3) is 0.105. The molecule has 2 aromatic carbocycles. The van der Waals surface area contributed by atoms with Crippen LogP contribution in [-0.4, -0.2) is 19.7 Å². The molecule has 0 atom stereocenters. The first kappa shape index (κ1) is 17.6. The second-order valence-corrected chi connectivity index (χ2v) is 6.85. The Morgan fingerprint density at radius 1 is 1.04 bits per heavy atom. The molecule has 6 nitrogen and oxygen atoms in total. The van der Waals surface area contributed by atoms with Crippen molar-refractivity contribution in [1.29, 1.82) is 0 Å². The minimum Gasteiger partial charge on any atom is -0.352 e. The van der Waals surface area contributed by atoms with E-state index in [1.165, 1.54) is 0 Å². The Balaban J connectivity index is 1.57. The zero-order valence-corrected chi connectivity index (χ0v) is 15.6. The number of H-pyrrole nitrogens is 1. The molecule has 2 heterocycles. The molecule has 0 aliphatic heterocycles. The van der Waals surface area contributed by atoms with Crippen LogP contribution in [0.25, 0.3) is 11.0 Å².